The van der Waals surface area contributed by atoms with E-state index in [1.807, 2.05) is 6.07 Å². The summed E-state index contributed by atoms with van der Waals surface area (Å²) in [6.07, 6.45) is 17.5. The predicted molar refractivity (Wildman–Crippen MR) is 262 cm³/mol. The van der Waals surface area contributed by atoms with Crippen LogP contribution in [0.2, 0.25) is 0 Å². The van der Waals surface area contributed by atoms with Crippen molar-refractivity contribution in [1.82, 2.24) is 0 Å². The van der Waals surface area contributed by atoms with Crippen LogP contribution in [0.1, 0.15) is 34.2 Å². The van der Waals surface area contributed by atoms with E-state index in [2.05, 4.69) is 242 Å². The molecule has 1 aromatic heterocycles. The third-order valence-electron chi connectivity index (χ3n) is 13.8. The van der Waals surface area contributed by atoms with Gasteiger partial charge in [0, 0.05) is 33.6 Å². The Morgan fingerprint density at radius 2 is 1.11 bits per heavy atom. The second-order valence-electron chi connectivity index (χ2n) is 17.1. The van der Waals surface area contributed by atoms with E-state index in [1.54, 1.807) is 0 Å². The Balaban J connectivity index is 1.02. The van der Waals surface area contributed by atoms with Gasteiger partial charge in [-0.2, -0.15) is 0 Å². The zero-order valence-corrected chi connectivity index (χ0v) is 34.9. The van der Waals surface area contributed by atoms with Crippen molar-refractivity contribution in [3.63, 3.8) is 0 Å². The van der Waals surface area contributed by atoms with Gasteiger partial charge in [0.25, 0.3) is 0 Å². The van der Waals surface area contributed by atoms with Crippen molar-refractivity contribution < 1.29 is 4.42 Å². The first kappa shape index (κ1) is 37.1. The largest absolute Gasteiger partial charge is 0.455 e. The molecule has 3 unspecified atom stereocenters. The molecule has 0 radical (unpaired) electrons. The molecule has 0 N–H and O–H groups in total. The quantitative estimate of drug-likeness (QED) is 0.152. The van der Waals surface area contributed by atoms with Crippen LogP contribution < -0.4 is 4.90 Å². The minimum absolute atomic E-state index is 0.0469. The Hall–Kier alpha value is -7.68. The number of para-hydroxylation sites is 2. The zero-order valence-electron chi connectivity index (χ0n) is 34.9. The lowest BCUT2D eigenvalue weighted by atomic mass is 9.67. The number of allylic oxidation sites excluding steroid dienone is 6. The summed E-state index contributed by atoms with van der Waals surface area (Å²) in [6, 6.07) is 73.3. The van der Waals surface area contributed by atoms with Gasteiger partial charge in [0.1, 0.15) is 11.2 Å². The summed E-state index contributed by atoms with van der Waals surface area (Å²) in [6.45, 7) is 0. The molecule has 0 aliphatic heterocycles. The summed E-state index contributed by atoms with van der Waals surface area (Å²) in [5.74, 6) is 0.546. The molecule has 0 spiro atoms. The maximum absolute atomic E-state index is 6.52. The molecule has 0 bridgehead atoms. The Bertz CT molecular complexity index is 3220. The summed E-state index contributed by atoms with van der Waals surface area (Å²) in [5, 5.41) is 2.28. The molecular formula is C61H45NO. The fourth-order valence-electron chi connectivity index (χ4n) is 10.9. The lowest BCUT2D eigenvalue weighted by Gasteiger charge is -2.41. The van der Waals surface area contributed by atoms with Gasteiger partial charge in [-0.15, -0.1) is 0 Å². The molecule has 3 aliphatic carbocycles. The fourth-order valence-corrected chi connectivity index (χ4v) is 10.9. The van der Waals surface area contributed by atoms with E-state index in [0.717, 1.165) is 45.2 Å². The summed E-state index contributed by atoms with van der Waals surface area (Å²) in [5.41, 5.74) is 16.1. The van der Waals surface area contributed by atoms with Gasteiger partial charge in [-0.05, 0) is 92.8 Å². The zero-order chi connectivity index (χ0) is 41.7. The van der Waals surface area contributed by atoms with E-state index < -0.39 is 5.41 Å². The molecule has 2 nitrogen and oxygen atoms in total. The lowest BCUT2D eigenvalue weighted by Crippen LogP contribution is -2.39. The number of hydrogen-bond donors (Lipinski definition) is 0. The van der Waals surface area contributed by atoms with Crippen molar-refractivity contribution in [2.45, 2.75) is 17.9 Å². The van der Waals surface area contributed by atoms with Gasteiger partial charge in [0.2, 0.25) is 0 Å². The smallest absolute Gasteiger partial charge is 0.143 e. The molecule has 3 atom stereocenters. The van der Waals surface area contributed by atoms with Crippen molar-refractivity contribution in [1.29, 1.82) is 0 Å². The van der Waals surface area contributed by atoms with Crippen LogP contribution in [-0.2, 0) is 5.41 Å². The predicted octanol–water partition coefficient (Wildman–Crippen LogP) is 15.5. The van der Waals surface area contributed by atoms with E-state index in [9.17, 15) is 0 Å². The summed E-state index contributed by atoms with van der Waals surface area (Å²) < 4.78 is 6.52. The lowest BCUT2D eigenvalue weighted by molar-refractivity contribution is 0.430. The number of hydrogen-bond acceptors (Lipinski definition) is 2. The Kier molecular flexibility index (Phi) is 9.04. The molecule has 12 rings (SSSR count). The van der Waals surface area contributed by atoms with Gasteiger partial charge in [-0.3, -0.25) is 0 Å². The van der Waals surface area contributed by atoms with E-state index in [1.165, 1.54) is 50.2 Å². The van der Waals surface area contributed by atoms with E-state index in [0.29, 0.717) is 5.92 Å². The van der Waals surface area contributed by atoms with Crippen LogP contribution in [0.5, 0.6) is 0 Å². The van der Waals surface area contributed by atoms with Gasteiger partial charge in [0.15, 0.2) is 0 Å². The van der Waals surface area contributed by atoms with Gasteiger partial charge < -0.3 is 9.32 Å². The van der Waals surface area contributed by atoms with Crippen LogP contribution in [0.15, 0.2) is 247 Å². The third kappa shape index (κ3) is 6.09. The molecule has 0 amide bonds. The molecule has 63 heavy (non-hydrogen) atoms. The molecule has 0 saturated heterocycles. The maximum atomic E-state index is 6.52. The number of nitrogens with zero attached hydrogens (tertiary/aromatic N) is 1. The second-order valence-corrected chi connectivity index (χ2v) is 17.1. The van der Waals surface area contributed by atoms with E-state index in [4.69, 9.17) is 4.42 Å². The molecule has 2 heteroatoms. The first-order valence-electron chi connectivity index (χ1n) is 22.2. The van der Waals surface area contributed by atoms with E-state index >= 15 is 0 Å². The molecular weight excluding hydrogens is 763 g/mol. The van der Waals surface area contributed by atoms with Crippen molar-refractivity contribution in [3.8, 4) is 22.3 Å². The highest BCUT2D eigenvalue weighted by Gasteiger charge is 2.46. The van der Waals surface area contributed by atoms with Crippen LogP contribution in [0.4, 0.5) is 11.4 Å². The first-order chi connectivity index (χ1) is 31.3. The summed E-state index contributed by atoms with van der Waals surface area (Å²) >= 11 is 0. The average Bonchev–Trinajstić information content (AvgIpc) is 3.89. The number of anilines is 2. The number of benzene rings is 8. The standard InChI is InChI=1S/C61H45NO/c1-4-17-42(18-5-1)43-31-33-44(34-32-43)50-23-11-14-29-58(50)62(48-37-35-45(36-38-48)51-26-16-27-55-54-25-12-15-30-59(54)63-60(51)55)49-39-40-53-52-24-10-13-28-56(52)61(57(53)41-49,46-19-6-2-7-20-46)47-21-8-3-9-22-47/h1-33,35-41,44,50,58H,34H2. The van der Waals surface area contributed by atoms with Crippen LogP contribution in [0.3, 0.4) is 0 Å². The van der Waals surface area contributed by atoms with Gasteiger partial charge >= 0.3 is 0 Å². The highest BCUT2D eigenvalue weighted by Crippen LogP contribution is 2.57. The number of fused-ring (bicyclic) bond motifs is 6. The maximum Gasteiger partial charge on any atom is 0.143 e. The Labute approximate surface area is 369 Å². The van der Waals surface area contributed by atoms with Gasteiger partial charge in [-0.1, -0.05) is 212 Å². The SMILES string of the molecule is C1=CC(C2C=CC(c3ccccc3)=CC2)C(N(c2ccc(-c3cccc4c3oc3ccccc34)cc2)c2ccc3c(c2)C(c2ccccc2)(c2ccccc2)c2ccccc2-3)C=C1. The first-order valence-corrected chi connectivity index (χ1v) is 22.2. The van der Waals surface area contributed by atoms with Crippen LogP contribution in [-0.4, -0.2) is 6.04 Å². The average molecular weight is 808 g/mol. The van der Waals surface area contributed by atoms with Crippen molar-refractivity contribution in [3.05, 3.63) is 271 Å². The van der Waals surface area contributed by atoms with Crippen molar-refractivity contribution >= 4 is 38.9 Å². The highest BCUT2D eigenvalue weighted by molar-refractivity contribution is 6.09. The fraction of sp³-hybridized carbons (Fsp3) is 0.0820. The minimum atomic E-state index is -0.502. The topological polar surface area (TPSA) is 16.4 Å². The highest BCUT2D eigenvalue weighted by atomic mass is 16.3. The third-order valence-corrected chi connectivity index (χ3v) is 13.8. The molecule has 8 aromatic carbocycles. The summed E-state index contributed by atoms with van der Waals surface area (Å²) in [7, 11) is 0. The van der Waals surface area contributed by atoms with Gasteiger partial charge in [0.05, 0.1) is 11.5 Å². The molecule has 1 heterocycles. The van der Waals surface area contributed by atoms with Crippen LogP contribution in [0.25, 0.3) is 49.8 Å². The molecule has 300 valence electrons. The number of rotatable bonds is 8. The normalized spacial score (nSPS) is 18.3. The van der Waals surface area contributed by atoms with Crippen molar-refractivity contribution in [2.24, 2.45) is 11.8 Å². The molecule has 3 aliphatic rings. The van der Waals surface area contributed by atoms with Crippen molar-refractivity contribution in [2.75, 3.05) is 4.90 Å². The molecule has 0 fully saturated rings. The van der Waals surface area contributed by atoms with Crippen LogP contribution in [0, 0.1) is 11.8 Å². The Morgan fingerprint density at radius 3 is 1.87 bits per heavy atom. The van der Waals surface area contributed by atoms with Crippen LogP contribution >= 0.6 is 0 Å². The Morgan fingerprint density at radius 1 is 0.476 bits per heavy atom. The number of furan rings is 1. The molecule has 0 saturated carbocycles. The molecule has 9 aromatic rings. The van der Waals surface area contributed by atoms with Gasteiger partial charge in [-0.25, -0.2) is 0 Å². The summed E-state index contributed by atoms with van der Waals surface area (Å²) in [4.78, 5) is 2.60. The van der Waals surface area contributed by atoms with E-state index in [-0.39, 0.29) is 12.0 Å². The second kappa shape index (κ2) is 15.3. The minimum Gasteiger partial charge on any atom is -0.455 e. The monoisotopic (exact) mass is 807 g/mol.